The molecule has 190 valence electrons. The van der Waals surface area contributed by atoms with Gasteiger partial charge in [-0.3, -0.25) is 4.79 Å². The summed E-state index contributed by atoms with van der Waals surface area (Å²) in [5, 5.41) is 13.8. The summed E-state index contributed by atoms with van der Waals surface area (Å²) in [6.45, 7) is 4.07. The topological polar surface area (TPSA) is 88.0 Å². The first kappa shape index (κ1) is 26.2. The fourth-order valence-corrected chi connectivity index (χ4v) is 5.04. The van der Waals surface area contributed by atoms with E-state index in [2.05, 4.69) is 20.3 Å². The molecule has 1 heterocycles. The minimum Gasteiger partial charge on any atom is -0.479 e. The first-order chi connectivity index (χ1) is 17.1. The standard InChI is InChI=1S/C26H26Cl2F2N4O2/c1-14(2)17-12-16(6-8-19(17)27)21-32-22(34-25(36)33-21)18-11-15(5-7-20(18)28)13-31-24(35)26(23(29)30)9-3-4-10-26/h5-8,11-12,14,23H,3-4,9-10,13H2,1-2H3,(H,31,35)(H,32,33,34,36). The van der Waals surface area contributed by atoms with Crippen LogP contribution < -0.4 is 5.32 Å². The Morgan fingerprint density at radius 2 is 1.69 bits per heavy atom. The second kappa shape index (κ2) is 10.6. The third-order valence-electron chi connectivity index (χ3n) is 6.59. The van der Waals surface area contributed by atoms with E-state index in [4.69, 9.17) is 23.2 Å². The van der Waals surface area contributed by atoms with Gasteiger partial charge in [-0.2, -0.15) is 9.97 Å². The van der Waals surface area contributed by atoms with Crippen molar-refractivity contribution in [3.8, 4) is 28.8 Å². The monoisotopic (exact) mass is 534 g/mol. The average molecular weight is 535 g/mol. The molecule has 1 aliphatic rings. The first-order valence-electron chi connectivity index (χ1n) is 11.7. The van der Waals surface area contributed by atoms with Crippen LogP contribution in [0.1, 0.15) is 56.6 Å². The van der Waals surface area contributed by atoms with Crippen molar-refractivity contribution in [3.63, 3.8) is 0 Å². The van der Waals surface area contributed by atoms with E-state index >= 15 is 0 Å². The molecule has 1 aromatic heterocycles. The van der Waals surface area contributed by atoms with E-state index in [-0.39, 0.29) is 37.0 Å². The first-order valence-corrected chi connectivity index (χ1v) is 12.5. The van der Waals surface area contributed by atoms with Gasteiger partial charge in [0.15, 0.2) is 11.6 Å². The second-order valence-electron chi connectivity index (χ2n) is 9.33. The van der Waals surface area contributed by atoms with Crippen molar-refractivity contribution in [2.45, 2.75) is 58.4 Å². The van der Waals surface area contributed by atoms with Crippen molar-refractivity contribution < 1.29 is 18.7 Å². The summed E-state index contributed by atoms with van der Waals surface area (Å²) in [4.78, 5) is 25.3. The lowest BCUT2D eigenvalue weighted by atomic mass is 9.85. The lowest BCUT2D eigenvalue weighted by Crippen LogP contribution is -2.43. The maximum Gasteiger partial charge on any atom is 0.318 e. The van der Waals surface area contributed by atoms with Gasteiger partial charge in [0, 0.05) is 22.7 Å². The Morgan fingerprint density at radius 3 is 2.36 bits per heavy atom. The Kier molecular flexibility index (Phi) is 7.76. The molecule has 1 amide bonds. The molecule has 0 bridgehead atoms. The number of rotatable bonds is 7. The van der Waals surface area contributed by atoms with Gasteiger partial charge in [0.05, 0.1) is 5.02 Å². The number of aromatic nitrogens is 3. The molecule has 0 atom stereocenters. The van der Waals surface area contributed by atoms with Crippen molar-refractivity contribution in [2.75, 3.05) is 0 Å². The molecule has 0 spiro atoms. The molecule has 2 aromatic carbocycles. The van der Waals surface area contributed by atoms with Crippen LogP contribution in [0.2, 0.25) is 10.0 Å². The number of hydrogen-bond donors (Lipinski definition) is 2. The normalized spacial score (nSPS) is 15.0. The van der Waals surface area contributed by atoms with Crippen molar-refractivity contribution in [1.82, 2.24) is 20.3 Å². The number of amides is 1. The zero-order valence-corrected chi connectivity index (χ0v) is 21.4. The number of halogens is 4. The summed E-state index contributed by atoms with van der Waals surface area (Å²) < 4.78 is 27.4. The van der Waals surface area contributed by atoms with Gasteiger partial charge in [-0.05, 0) is 60.2 Å². The number of nitrogens with one attached hydrogen (secondary N) is 1. The number of alkyl halides is 2. The molecule has 36 heavy (non-hydrogen) atoms. The number of nitrogens with zero attached hydrogens (tertiary/aromatic N) is 3. The Bertz CT molecular complexity index is 1280. The largest absolute Gasteiger partial charge is 0.479 e. The minimum absolute atomic E-state index is 0.0380. The number of carbonyl (C=O) groups is 1. The maximum atomic E-state index is 13.7. The molecule has 1 fully saturated rings. The number of carbonyl (C=O) groups excluding carboxylic acids is 1. The Labute approximate surface area is 218 Å². The quantitative estimate of drug-likeness (QED) is 0.348. The SMILES string of the molecule is CC(C)c1cc(-c2nc(O)nc(-c3cc(CNC(=O)C4(C(F)F)CCCC4)ccc3Cl)n2)ccc1Cl. The second-order valence-corrected chi connectivity index (χ2v) is 10.1. The summed E-state index contributed by atoms with van der Waals surface area (Å²) in [7, 11) is 0. The van der Waals surface area contributed by atoms with Gasteiger partial charge in [-0.1, -0.05) is 56.0 Å². The number of aromatic hydroxyl groups is 1. The van der Waals surface area contributed by atoms with E-state index < -0.39 is 23.8 Å². The Balaban J connectivity index is 1.62. The molecule has 0 unspecified atom stereocenters. The third kappa shape index (κ3) is 5.30. The minimum atomic E-state index is -2.71. The van der Waals surface area contributed by atoms with E-state index in [1.807, 2.05) is 19.9 Å². The third-order valence-corrected chi connectivity index (χ3v) is 7.26. The van der Waals surface area contributed by atoms with E-state index in [0.29, 0.717) is 39.6 Å². The molecule has 1 aliphatic carbocycles. The molecule has 0 saturated heterocycles. The summed E-state index contributed by atoms with van der Waals surface area (Å²) in [6.07, 6.45) is -1.13. The predicted octanol–water partition coefficient (Wildman–Crippen LogP) is 6.78. The van der Waals surface area contributed by atoms with Gasteiger partial charge in [-0.15, -0.1) is 0 Å². The van der Waals surface area contributed by atoms with Crippen LogP contribution in [0, 0.1) is 5.41 Å². The molecule has 3 aromatic rings. The summed E-state index contributed by atoms with van der Waals surface area (Å²) >= 11 is 12.7. The van der Waals surface area contributed by atoms with Crippen LogP contribution in [0.3, 0.4) is 0 Å². The van der Waals surface area contributed by atoms with Crippen LogP contribution in [-0.2, 0) is 11.3 Å². The molecule has 0 radical (unpaired) electrons. The smallest absolute Gasteiger partial charge is 0.318 e. The van der Waals surface area contributed by atoms with Crippen molar-refractivity contribution >= 4 is 29.1 Å². The fraction of sp³-hybridized carbons (Fsp3) is 0.385. The molecule has 0 aliphatic heterocycles. The van der Waals surface area contributed by atoms with Crippen molar-refractivity contribution in [3.05, 3.63) is 57.6 Å². The molecular weight excluding hydrogens is 509 g/mol. The number of benzene rings is 2. The highest BCUT2D eigenvalue weighted by Gasteiger charge is 2.48. The van der Waals surface area contributed by atoms with Gasteiger partial charge in [0.25, 0.3) is 6.43 Å². The maximum absolute atomic E-state index is 13.7. The Hall–Kier alpha value is -2.84. The lowest BCUT2D eigenvalue weighted by molar-refractivity contribution is -0.140. The van der Waals surface area contributed by atoms with Gasteiger partial charge >= 0.3 is 6.01 Å². The highest BCUT2D eigenvalue weighted by Crippen LogP contribution is 2.43. The van der Waals surface area contributed by atoms with Gasteiger partial charge in [0.1, 0.15) is 5.41 Å². The molecule has 4 rings (SSSR count). The van der Waals surface area contributed by atoms with Crippen LogP contribution in [0.5, 0.6) is 6.01 Å². The van der Waals surface area contributed by atoms with Crippen LogP contribution in [0.15, 0.2) is 36.4 Å². The van der Waals surface area contributed by atoms with Gasteiger partial charge < -0.3 is 10.4 Å². The van der Waals surface area contributed by atoms with E-state index in [0.717, 1.165) is 5.56 Å². The van der Waals surface area contributed by atoms with E-state index in [9.17, 15) is 18.7 Å². The summed E-state index contributed by atoms with van der Waals surface area (Å²) in [6, 6.07) is 9.84. The summed E-state index contributed by atoms with van der Waals surface area (Å²) in [5.74, 6) is -0.0973. The van der Waals surface area contributed by atoms with Crippen molar-refractivity contribution in [2.24, 2.45) is 5.41 Å². The zero-order chi connectivity index (χ0) is 26.0. The van der Waals surface area contributed by atoms with E-state index in [1.54, 1.807) is 30.3 Å². The number of hydrogen-bond acceptors (Lipinski definition) is 5. The molecule has 1 saturated carbocycles. The average Bonchev–Trinajstić information content (AvgIpc) is 3.35. The zero-order valence-electron chi connectivity index (χ0n) is 19.9. The highest BCUT2D eigenvalue weighted by molar-refractivity contribution is 6.33. The molecule has 2 N–H and O–H groups in total. The lowest BCUT2D eigenvalue weighted by Gasteiger charge is -2.26. The molecular formula is C26H26Cl2F2N4O2. The molecule has 10 heteroatoms. The Morgan fingerprint density at radius 1 is 1.03 bits per heavy atom. The van der Waals surface area contributed by atoms with Gasteiger partial charge in [0.2, 0.25) is 5.91 Å². The van der Waals surface area contributed by atoms with E-state index in [1.165, 1.54) is 0 Å². The molecule has 6 nitrogen and oxygen atoms in total. The van der Waals surface area contributed by atoms with Gasteiger partial charge in [-0.25, -0.2) is 13.8 Å². The van der Waals surface area contributed by atoms with Crippen LogP contribution in [0.4, 0.5) is 8.78 Å². The highest BCUT2D eigenvalue weighted by atomic mass is 35.5. The van der Waals surface area contributed by atoms with Crippen LogP contribution in [0.25, 0.3) is 22.8 Å². The van der Waals surface area contributed by atoms with Crippen LogP contribution in [-0.4, -0.2) is 32.4 Å². The predicted molar refractivity (Wildman–Crippen MR) is 135 cm³/mol. The summed E-state index contributed by atoms with van der Waals surface area (Å²) in [5.41, 5.74) is 0.966. The fourth-order valence-electron chi connectivity index (χ4n) is 4.50. The van der Waals surface area contributed by atoms with Crippen molar-refractivity contribution in [1.29, 1.82) is 0 Å². The van der Waals surface area contributed by atoms with Crippen LogP contribution >= 0.6 is 23.2 Å².